The van der Waals surface area contributed by atoms with Gasteiger partial charge in [0.15, 0.2) is 0 Å². The maximum atomic E-state index is 12.8. The highest BCUT2D eigenvalue weighted by atomic mass is 16.2. The molecule has 2 aliphatic carbocycles. The molecule has 3 heteroatoms. The van der Waals surface area contributed by atoms with Crippen LogP contribution in [0, 0.1) is 11.3 Å². The molecule has 0 bridgehead atoms. The SMILES string of the molecule is NCC1(CC(=O)N2CCCC3CCCC32)CCCCC1. The van der Waals surface area contributed by atoms with Crippen LogP contribution in [-0.2, 0) is 4.79 Å². The highest BCUT2D eigenvalue weighted by Gasteiger charge is 2.40. The number of hydrogen-bond donors (Lipinski definition) is 1. The molecule has 2 atom stereocenters. The maximum absolute atomic E-state index is 12.8. The van der Waals surface area contributed by atoms with Gasteiger partial charge in [-0.25, -0.2) is 0 Å². The van der Waals surface area contributed by atoms with Gasteiger partial charge in [0, 0.05) is 19.0 Å². The van der Waals surface area contributed by atoms with Crippen molar-refractivity contribution >= 4 is 5.91 Å². The van der Waals surface area contributed by atoms with E-state index in [0.29, 0.717) is 24.9 Å². The van der Waals surface area contributed by atoms with Gasteiger partial charge in [-0.1, -0.05) is 25.7 Å². The first-order chi connectivity index (χ1) is 9.74. The summed E-state index contributed by atoms with van der Waals surface area (Å²) in [6.45, 7) is 1.70. The minimum absolute atomic E-state index is 0.126. The first kappa shape index (κ1) is 14.4. The zero-order valence-electron chi connectivity index (χ0n) is 12.8. The molecule has 0 aromatic carbocycles. The van der Waals surface area contributed by atoms with Gasteiger partial charge in [0.25, 0.3) is 0 Å². The Morgan fingerprint density at radius 1 is 1.05 bits per heavy atom. The lowest BCUT2D eigenvalue weighted by atomic mass is 9.71. The summed E-state index contributed by atoms with van der Waals surface area (Å²) >= 11 is 0. The van der Waals surface area contributed by atoms with Crippen molar-refractivity contribution < 1.29 is 4.79 Å². The summed E-state index contributed by atoms with van der Waals surface area (Å²) in [5.74, 6) is 1.21. The van der Waals surface area contributed by atoms with Crippen molar-refractivity contribution in [3.63, 3.8) is 0 Å². The molecule has 20 heavy (non-hydrogen) atoms. The van der Waals surface area contributed by atoms with Crippen LogP contribution in [0.15, 0.2) is 0 Å². The number of likely N-dealkylation sites (tertiary alicyclic amines) is 1. The van der Waals surface area contributed by atoms with E-state index in [1.165, 1.54) is 51.4 Å². The van der Waals surface area contributed by atoms with Crippen LogP contribution in [0.1, 0.15) is 70.6 Å². The number of nitrogens with two attached hydrogens (primary N) is 1. The predicted molar refractivity (Wildman–Crippen MR) is 81.3 cm³/mol. The standard InChI is InChI=1S/C17H30N2O/c18-13-17(9-2-1-3-10-17)12-16(20)19-11-5-7-14-6-4-8-15(14)19/h14-15H,1-13,18H2. The summed E-state index contributed by atoms with van der Waals surface area (Å²) in [6.07, 6.45) is 13.3. The average molecular weight is 278 g/mol. The van der Waals surface area contributed by atoms with E-state index in [1.54, 1.807) is 0 Å². The first-order valence-electron chi connectivity index (χ1n) is 8.74. The van der Waals surface area contributed by atoms with Crippen LogP contribution >= 0.6 is 0 Å². The number of piperidine rings is 1. The number of carbonyl (C=O) groups is 1. The molecule has 2 saturated carbocycles. The molecular weight excluding hydrogens is 248 g/mol. The largest absolute Gasteiger partial charge is 0.339 e. The summed E-state index contributed by atoms with van der Waals surface area (Å²) in [4.78, 5) is 15.1. The molecule has 1 heterocycles. The van der Waals surface area contributed by atoms with Crippen molar-refractivity contribution in [3.05, 3.63) is 0 Å². The van der Waals surface area contributed by atoms with E-state index < -0.39 is 0 Å². The van der Waals surface area contributed by atoms with E-state index in [-0.39, 0.29) is 5.41 Å². The van der Waals surface area contributed by atoms with E-state index in [0.717, 1.165) is 25.3 Å². The number of fused-ring (bicyclic) bond motifs is 1. The van der Waals surface area contributed by atoms with Crippen LogP contribution in [0.3, 0.4) is 0 Å². The quantitative estimate of drug-likeness (QED) is 0.862. The van der Waals surface area contributed by atoms with Crippen LogP contribution < -0.4 is 5.73 Å². The van der Waals surface area contributed by atoms with E-state index >= 15 is 0 Å². The van der Waals surface area contributed by atoms with Crippen molar-refractivity contribution in [3.8, 4) is 0 Å². The second-order valence-corrected chi connectivity index (χ2v) is 7.43. The fraction of sp³-hybridized carbons (Fsp3) is 0.941. The molecule has 0 aromatic rings. The fourth-order valence-corrected chi connectivity index (χ4v) is 4.94. The highest BCUT2D eigenvalue weighted by Crippen LogP contribution is 2.41. The van der Waals surface area contributed by atoms with Gasteiger partial charge in [-0.15, -0.1) is 0 Å². The first-order valence-corrected chi connectivity index (χ1v) is 8.74. The Bertz CT molecular complexity index is 349. The molecule has 0 spiro atoms. The molecule has 0 radical (unpaired) electrons. The lowest BCUT2D eigenvalue weighted by molar-refractivity contribution is -0.139. The van der Waals surface area contributed by atoms with Crippen molar-refractivity contribution in [1.82, 2.24) is 4.90 Å². The molecule has 3 nitrogen and oxygen atoms in total. The van der Waals surface area contributed by atoms with Gasteiger partial charge in [0.2, 0.25) is 5.91 Å². The molecule has 114 valence electrons. The van der Waals surface area contributed by atoms with Gasteiger partial charge in [-0.3, -0.25) is 4.79 Å². The summed E-state index contributed by atoms with van der Waals surface area (Å²) in [7, 11) is 0. The van der Waals surface area contributed by atoms with Crippen LogP contribution in [-0.4, -0.2) is 29.9 Å². The van der Waals surface area contributed by atoms with Crippen molar-refractivity contribution in [1.29, 1.82) is 0 Å². The average Bonchev–Trinajstić information content (AvgIpc) is 2.96. The lowest BCUT2D eigenvalue weighted by Crippen LogP contribution is -2.48. The molecule has 3 aliphatic rings. The molecule has 2 unspecified atom stereocenters. The van der Waals surface area contributed by atoms with Crippen LogP contribution in [0.5, 0.6) is 0 Å². The Morgan fingerprint density at radius 2 is 1.80 bits per heavy atom. The third kappa shape index (κ3) is 2.74. The minimum Gasteiger partial charge on any atom is -0.339 e. The molecule has 3 rings (SSSR count). The van der Waals surface area contributed by atoms with E-state index in [2.05, 4.69) is 4.90 Å². The monoisotopic (exact) mass is 278 g/mol. The Morgan fingerprint density at radius 3 is 2.55 bits per heavy atom. The summed E-state index contributed by atoms with van der Waals surface area (Å²) < 4.78 is 0. The van der Waals surface area contributed by atoms with Gasteiger partial charge >= 0.3 is 0 Å². The smallest absolute Gasteiger partial charge is 0.223 e. The Balaban J connectivity index is 1.65. The number of carbonyl (C=O) groups excluding carboxylic acids is 1. The number of hydrogen-bond acceptors (Lipinski definition) is 2. The van der Waals surface area contributed by atoms with Crippen LogP contribution in [0.4, 0.5) is 0 Å². The van der Waals surface area contributed by atoms with Gasteiger partial charge < -0.3 is 10.6 Å². The van der Waals surface area contributed by atoms with Gasteiger partial charge in [0.1, 0.15) is 0 Å². The van der Waals surface area contributed by atoms with E-state index in [4.69, 9.17) is 5.73 Å². The Kier molecular flexibility index (Phi) is 4.34. The molecule has 3 fully saturated rings. The number of nitrogens with zero attached hydrogens (tertiary/aromatic N) is 1. The lowest BCUT2D eigenvalue weighted by Gasteiger charge is -2.42. The second-order valence-electron chi connectivity index (χ2n) is 7.43. The molecule has 1 saturated heterocycles. The topological polar surface area (TPSA) is 46.3 Å². The van der Waals surface area contributed by atoms with Crippen LogP contribution in [0.2, 0.25) is 0 Å². The molecule has 2 N–H and O–H groups in total. The summed E-state index contributed by atoms with van der Waals surface area (Å²) in [5, 5.41) is 0. The molecular formula is C17H30N2O. The number of rotatable bonds is 3. The normalized spacial score (nSPS) is 33.0. The van der Waals surface area contributed by atoms with Crippen LogP contribution in [0.25, 0.3) is 0 Å². The van der Waals surface area contributed by atoms with Crippen molar-refractivity contribution in [2.45, 2.75) is 76.7 Å². The summed E-state index contributed by atoms with van der Waals surface area (Å²) in [5.41, 5.74) is 6.18. The summed E-state index contributed by atoms with van der Waals surface area (Å²) in [6, 6.07) is 0.565. The third-order valence-corrected chi connectivity index (χ3v) is 6.19. The fourth-order valence-electron chi connectivity index (χ4n) is 4.94. The predicted octanol–water partition coefficient (Wildman–Crippen LogP) is 3.08. The van der Waals surface area contributed by atoms with Gasteiger partial charge in [0.05, 0.1) is 0 Å². The highest BCUT2D eigenvalue weighted by molar-refractivity contribution is 5.77. The minimum atomic E-state index is 0.126. The van der Waals surface area contributed by atoms with Crippen molar-refractivity contribution in [2.75, 3.05) is 13.1 Å². The molecule has 1 aliphatic heterocycles. The van der Waals surface area contributed by atoms with Crippen molar-refractivity contribution in [2.24, 2.45) is 17.1 Å². The zero-order chi connectivity index (χ0) is 14.0. The third-order valence-electron chi connectivity index (χ3n) is 6.19. The van der Waals surface area contributed by atoms with Gasteiger partial charge in [-0.05, 0) is 56.4 Å². The van der Waals surface area contributed by atoms with Gasteiger partial charge in [-0.2, -0.15) is 0 Å². The number of amides is 1. The molecule has 1 amide bonds. The van der Waals surface area contributed by atoms with E-state index in [1.807, 2.05) is 0 Å². The maximum Gasteiger partial charge on any atom is 0.223 e. The van der Waals surface area contributed by atoms with E-state index in [9.17, 15) is 4.79 Å². The zero-order valence-corrected chi connectivity index (χ0v) is 12.8. The second kappa shape index (κ2) is 6.05. The molecule has 0 aromatic heterocycles. The Labute approximate surface area is 123 Å². The Hall–Kier alpha value is -0.570.